The molecule has 2 aromatic rings. The van der Waals surface area contributed by atoms with Crippen molar-refractivity contribution >= 4 is 17.9 Å². The fourth-order valence-corrected chi connectivity index (χ4v) is 4.38. The molecule has 3 atom stereocenters. The second-order valence-electron chi connectivity index (χ2n) is 10.4. The average molecular weight is 524 g/mol. The third-order valence-corrected chi connectivity index (χ3v) is 6.46. The van der Waals surface area contributed by atoms with E-state index in [1.165, 1.54) is 0 Å². The number of carbonyl (C=O) groups excluding carboxylic acids is 3. The van der Waals surface area contributed by atoms with Gasteiger partial charge in [-0.05, 0) is 61.8 Å². The minimum absolute atomic E-state index is 0.0115. The molecule has 8 nitrogen and oxygen atoms in total. The SMILES string of the molecule is CC(C)C[C@@H]1NC(=O)[C@@H](NC(=O)OCc2ccccc2)Cc2ccc(cc2)OCCCCC[C@@H](C)NC1=O. The van der Waals surface area contributed by atoms with Gasteiger partial charge in [-0.1, -0.05) is 62.7 Å². The molecule has 2 aliphatic rings. The van der Waals surface area contributed by atoms with E-state index in [0.717, 1.165) is 42.6 Å². The van der Waals surface area contributed by atoms with Crippen LogP contribution in [0.4, 0.5) is 4.79 Å². The summed E-state index contributed by atoms with van der Waals surface area (Å²) >= 11 is 0. The van der Waals surface area contributed by atoms with Gasteiger partial charge in [0.25, 0.3) is 0 Å². The van der Waals surface area contributed by atoms with Gasteiger partial charge < -0.3 is 25.4 Å². The lowest BCUT2D eigenvalue weighted by molar-refractivity contribution is -0.130. The molecule has 0 saturated heterocycles. The molecule has 4 rings (SSSR count). The molecule has 3 N–H and O–H groups in total. The van der Waals surface area contributed by atoms with Crippen LogP contribution in [0.5, 0.6) is 5.75 Å². The minimum atomic E-state index is -0.927. The molecule has 0 saturated carbocycles. The zero-order valence-electron chi connectivity index (χ0n) is 22.7. The highest BCUT2D eigenvalue weighted by atomic mass is 16.5. The lowest BCUT2D eigenvalue weighted by Gasteiger charge is -2.25. The maximum atomic E-state index is 13.5. The fourth-order valence-electron chi connectivity index (χ4n) is 4.38. The Morgan fingerprint density at radius 2 is 1.74 bits per heavy atom. The van der Waals surface area contributed by atoms with Crippen molar-refractivity contribution in [3.63, 3.8) is 0 Å². The lowest BCUT2D eigenvalue weighted by atomic mass is 10.0. The maximum Gasteiger partial charge on any atom is 0.408 e. The predicted molar refractivity (Wildman–Crippen MR) is 147 cm³/mol. The van der Waals surface area contributed by atoms with E-state index in [4.69, 9.17) is 9.47 Å². The highest BCUT2D eigenvalue weighted by Crippen LogP contribution is 2.16. The highest BCUT2D eigenvalue weighted by molar-refractivity contribution is 5.91. The molecule has 8 heteroatoms. The Balaban J connectivity index is 1.78. The van der Waals surface area contributed by atoms with Crippen molar-refractivity contribution in [2.75, 3.05) is 6.61 Å². The number of fused-ring (bicyclic) bond motifs is 15. The van der Waals surface area contributed by atoms with Crippen LogP contribution in [0.25, 0.3) is 0 Å². The molecule has 0 aromatic heterocycles. The second kappa shape index (κ2) is 15.0. The molecule has 0 unspecified atom stereocenters. The molecule has 206 valence electrons. The van der Waals surface area contributed by atoms with E-state index in [-0.39, 0.29) is 30.9 Å². The zero-order chi connectivity index (χ0) is 27.3. The number of nitrogens with one attached hydrogen (secondary N) is 3. The van der Waals surface area contributed by atoms with E-state index in [1.807, 2.05) is 75.4 Å². The monoisotopic (exact) mass is 523 g/mol. The number of carbonyl (C=O) groups is 3. The Morgan fingerprint density at radius 3 is 2.45 bits per heavy atom. The standard InChI is InChI=1S/C30H41N3O5/c1-21(2)18-26-28(34)31-22(3)10-6-5-9-17-37-25-15-13-23(14-16-25)19-27(29(35)32-26)33-30(36)38-20-24-11-7-4-8-12-24/h4,7-8,11-16,21-22,26-27H,5-6,9-10,17-20H2,1-3H3,(H,31,34)(H,32,35)(H,33,36)/t22-,26+,27+/m1/s1. The third-order valence-electron chi connectivity index (χ3n) is 6.46. The predicted octanol–water partition coefficient (Wildman–Crippen LogP) is 4.51. The van der Waals surface area contributed by atoms with Crippen molar-refractivity contribution in [1.29, 1.82) is 0 Å². The molecule has 3 amide bonds. The molecule has 2 bridgehead atoms. The zero-order valence-corrected chi connectivity index (χ0v) is 22.7. The summed E-state index contributed by atoms with van der Waals surface area (Å²) < 4.78 is 11.2. The van der Waals surface area contributed by atoms with Crippen LogP contribution in [0.1, 0.15) is 64.0 Å². The van der Waals surface area contributed by atoms with E-state index in [1.54, 1.807) is 0 Å². The summed E-state index contributed by atoms with van der Waals surface area (Å²) in [5.74, 6) is 0.313. The summed E-state index contributed by atoms with van der Waals surface area (Å²) in [6.45, 7) is 6.71. The number of ether oxygens (including phenoxy) is 2. The van der Waals surface area contributed by atoms with Gasteiger partial charge in [0.15, 0.2) is 0 Å². The largest absolute Gasteiger partial charge is 0.494 e. The molecule has 0 aliphatic carbocycles. The van der Waals surface area contributed by atoms with Crippen LogP contribution in [-0.4, -0.2) is 42.6 Å². The van der Waals surface area contributed by atoms with Crippen LogP contribution >= 0.6 is 0 Å². The van der Waals surface area contributed by atoms with Gasteiger partial charge in [0, 0.05) is 12.5 Å². The summed E-state index contributed by atoms with van der Waals surface area (Å²) in [5, 5.41) is 8.66. The lowest BCUT2D eigenvalue weighted by Crippen LogP contribution is -2.55. The number of hydrogen-bond acceptors (Lipinski definition) is 5. The van der Waals surface area contributed by atoms with Gasteiger partial charge in [-0.15, -0.1) is 0 Å². The van der Waals surface area contributed by atoms with Crippen molar-refractivity contribution in [2.24, 2.45) is 5.92 Å². The van der Waals surface area contributed by atoms with Crippen molar-refractivity contribution in [1.82, 2.24) is 16.0 Å². The van der Waals surface area contributed by atoms with Gasteiger partial charge >= 0.3 is 6.09 Å². The molecule has 2 aromatic carbocycles. The summed E-state index contributed by atoms with van der Waals surface area (Å²) in [5.41, 5.74) is 1.69. The van der Waals surface area contributed by atoms with Gasteiger partial charge in [0.05, 0.1) is 6.61 Å². The smallest absolute Gasteiger partial charge is 0.408 e. The first-order valence-corrected chi connectivity index (χ1v) is 13.6. The van der Waals surface area contributed by atoms with Crippen LogP contribution < -0.4 is 20.7 Å². The van der Waals surface area contributed by atoms with E-state index in [0.29, 0.717) is 13.0 Å². The van der Waals surface area contributed by atoms with Gasteiger partial charge in [-0.25, -0.2) is 4.79 Å². The molecular weight excluding hydrogens is 482 g/mol. The van der Waals surface area contributed by atoms with Gasteiger partial charge in [0.1, 0.15) is 24.4 Å². The van der Waals surface area contributed by atoms with Gasteiger partial charge in [-0.2, -0.15) is 0 Å². The van der Waals surface area contributed by atoms with Gasteiger partial charge in [0.2, 0.25) is 11.8 Å². The molecule has 0 spiro atoms. The molecule has 0 fully saturated rings. The Kier molecular flexibility index (Phi) is 11.5. The normalized spacial score (nSPS) is 21.4. The van der Waals surface area contributed by atoms with Crippen molar-refractivity contribution in [2.45, 2.75) is 84.0 Å². The summed E-state index contributed by atoms with van der Waals surface area (Å²) in [4.78, 5) is 39.3. The first-order valence-electron chi connectivity index (χ1n) is 13.6. The number of hydrogen-bond donors (Lipinski definition) is 3. The van der Waals surface area contributed by atoms with Crippen LogP contribution in [0.2, 0.25) is 0 Å². The molecular formula is C30H41N3O5. The summed E-state index contributed by atoms with van der Waals surface area (Å²) in [6, 6.07) is 15.2. The van der Waals surface area contributed by atoms with E-state index < -0.39 is 24.1 Å². The Hall–Kier alpha value is -3.55. The quantitative estimate of drug-likeness (QED) is 0.535. The van der Waals surface area contributed by atoms with E-state index in [9.17, 15) is 14.4 Å². The molecule has 2 heterocycles. The van der Waals surface area contributed by atoms with E-state index >= 15 is 0 Å². The van der Waals surface area contributed by atoms with Crippen LogP contribution in [-0.2, 0) is 27.4 Å². The van der Waals surface area contributed by atoms with E-state index in [2.05, 4.69) is 16.0 Å². The molecule has 2 aliphatic heterocycles. The van der Waals surface area contributed by atoms with Crippen LogP contribution in [0, 0.1) is 5.92 Å². The molecule has 0 radical (unpaired) electrons. The number of rotatable bonds is 5. The van der Waals surface area contributed by atoms with Crippen LogP contribution in [0.3, 0.4) is 0 Å². The number of alkyl carbamates (subject to hydrolysis) is 1. The Labute approximate surface area is 225 Å². The minimum Gasteiger partial charge on any atom is -0.494 e. The number of benzene rings is 2. The van der Waals surface area contributed by atoms with Crippen molar-refractivity contribution in [3.8, 4) is 5.75 Å². The highest BCUT2D eigenvalue weighted by Gasteiger charge is 2.28. The number of amides is 3. The third kappa shape index (κ3) is 10.1. The molecule has 38 heavy (non-hydrogen) atoms. The topological polar surface area (TPSA) is 106 Å². The van der Waals surface area contributed by atoms with Crippen LogP contribution in [0.15, 0.2) is 54.6 Å². The van der Waals surface area contributed by atoms with Crippen molar-refractivity contribution < 1.29 is 23.9 Å². The Bertz CT molecular complexity index is 1030. The average Bonchev–Trinajstić information content (AvgIpc) is 2.89. The summed E-state index contributed by atoms with van der Waals surface area (Å²) in [6.07, 6.45) is 3.79. The first-order chi connectivity index (χ1) is 18.3. The van der Waals surface area contributed by atoms with Gasteiger partial charge in [-0.3, -0.25) is 9.59 Å². The summed E-state index contributed by atoms with van der Waals surface area (Å²) in [7, 11) is 0. The Morgan fingerprint density at radius 1 is 1.00 bits per heavy atom. The fraction of sp³-hybridized carbons (Fsp3) is 0.500. The first kappa shape index (κ1) is 29.0. The van der Waals surface area contributed by atoms with Crippen molar-refractivity contribution in [3.05, 3.63) is 65.7 Å². The maximum absolute atomic E-state index is 13.5. The second-order valence-corrected chi connectivity index (χ2v) is 10.4.